The van der Waals surface area contributed by atoms with Crippen molar-refractivity contribution in [1.29, 1.82) is 0 Å². The summed E-state index contributed by atoms with van der Waals surface area (Å²) in [7, 11) is 0. The number of benzene rings is 7. The molecule has 378 valence electrons. The standard InChI is InChI=1S/C69H77N5/c1-64(2,3)44-28-30-55-52(40-44)53-41-45(65(4,5)6)29-31-56(53)74(55)58-33-32-57-59(51-26-22-23-27-54(51)73(57)50-24-20-19-21-25-50)60(58)63-71-61(42-34-46(66(7,8)9)38-47(35-42)67(10,11)12)70-62(72-63)43-36-48(68(13,14)15)39-49(37-43)69(16,17)18/h19-41H,1-18H3. The van der Waals surface area contributed by atoms with Crippen molar-refractivity contribution in [3.05, 3.63) is 173 Å². The fraction of sp³-hybridized carbons (Fsp3) is 0.348. The Bertz CT molecular complexity index is 3590. The maximum Gasteiger partial charge on any atom is 0.166 e. The summed E-state index contributed by atoms with van der Waals surface area (Å²) in [6, 6.07) is 52.5. The highest BCUT2D eigenvalue weighted by molar-refractivity contribution is 6.18. The summed E-state index contributed by atoms with van der Waals surface area (Å²) < 4.78 is 4.90. The summed E-state index contributed by atoms with van der Waals surface area (Å²) >= 11 is 0. The van der Waals surface area contributed by atoms with Gasteiger partial charge in [-0.15, -0.1) is 0 Å². The first kappa shape index (κ1) is 50.7. The number of hydrogen-bond donors (Lipinski definition) is 0. The lowest BCUT2D eigenvalue weighted by Crippen LogP contribution is -2.17. The van der Waals surface area contributed by atoms with Gasteiger partial charge in [-0.25, -0.2) is 15.0 Å². The lowest BCUT2D eigenvalue weighted by Gasteiger charge is -2.26. The Labute approximate surface area is 441 Å². The zero-order valence-corrected chi connectivity index (χ0v) is 47.5. The van der Waals surface area contributed by atoms with E-state index in [1.54, 1.807) is 0 Å². The van der Waals surface area contributed by atoms with Gasteiger partial charge >= 0.3 is 0 Å². The number of para-hydroxylation sites is 2. The maximum absolute atomic E-state index is 5.81. The van der Waals surface area contributed by atoms with Crippen molar-refractivity contribution >= 4 is 43.6 Å². The average Bonchev–Trinajstić information content (AvgIpc) is 3.84. The van der Waals surface area contributed by atoms with Crippen molar-refractivity contribution in [2.24, 2.45) is 0 Å². The van der Waals surface area contributed by atoms with Gasteiger partial charge in [0.15, 0.2) is 17.5 Å². The molecule has 10 rings (SSSR count). The third-order valence-electron chi connectivity index (χ3n) is 15.3. The van der Waals surface area contributed by atoms with Gasteiger partial charge in [0.25, 0.3) is 0 Å². The van der Waals surface area contributed by atoms with E-state index in [9.17, 15) is 0 Å². The van der Waals surface area contributed by atoms with E-state index in [0.717, 1.165) is 60.9 Å². The first-order valence-electron chi connectivity index (χ1n) is 26.8. The van der Waals surface area contributed by atoms with Crippen LogP contribution in [0.2, 0.25) is 0 Å². The highest BCUT2D eigenvalue weighted by Crippen LogP contribution is 2.46. The molecule has 0 fully saturated rings. The first-order valence-corrected chi connectivity index (χ1v) is 26.8. The second kappa shape index (κ2) is 17.4. The van der Waals surface area contributed by atoms with Crippen LogP contribution in [0, 0.1) is 0 Å². The van der Waals surface area contributed by atoms with E-state index in [1.807, 2.05) is 0 Å². The summed E-state index contributed by atoms with van der Waals surface area (Å²) in [6.45, 7) is 41.4. The van der Waals surface area contributed by atoms with Crippen LogP contribution in [0.1, 0.15) is 158 Å². The number of aromatic nitrogens is 5. The third-order valence-corrected chi connectivity index (χ3v) is 15.3. The van der Waals surface area contributed by atoms with Gasteiger partial charge < -0.3 is 9.13 Å². The Kier molecular flexibility index (Phi) is 11.9. The summed E-state index contributed by atoms with van der Waals surface area (Å²) in [6.07, 6.45) is 0. The largest absolute Gasteiger partial charge is 0.309 e. The maximum atomic E-state index is 5.81. The van der Waals surface area contributed by atoms with Crippen LogP contribution in [0.3, 0.4) is 0 Å². The van der Waals surface area contributed by atoms with Gasteiger partial charge in [-0.3, -0.25) is 0 Å². The SMILES string of the molecule is CC(C)(C)c1cc(-c2nc(-c3cc(C(C)(C)C)cc(C(C)(C)C)c3)nc(-c3c(-n4c5ccc(C(C)(C)C)cc5c5cc(C(C)(C)C)ccc54)ccc4c3c3ccccc3n4-c3ccccc3)n2)cc(C(C)(C)C)c1. The fourth-order valence-corrected chi connectivity index (χ4v) is 10.5. The van der Waals surface area contributed by atoms with Crippen LogP contribution < -0.4 is 0 Å². The molecule has 0 amide bonds. The Morgan fingerprint density at radius 1 is 0.297 bits per heavy atom. The lowest BCUT2D eigenvalue weighted by atomic mass is 9.79. The van der Waals surface area contributed by atoms with Crippen LogP contribution in [0.15, 0.2) is 140 Å². The Hall–Kier alpha value is -6.85. The minimum absolute atomic E-state index is 0.0421. The zero-order chi connectivity index (χ0) is 53.2. The normalized spacial score (nSPS) is 13.3. The Balaban J connectivity index is 1.42. The molecule has 7 aromatic carbocycles. The Morgan fingerprint density at radius 2 is 0.676 bits per heavy atom. The summed E-state index contributed by atoms with van der Waals surface area (Å²) in [5.41, 5.74) is 16.6. The molecular weight excluding hydrogens is 899 g/mol. The molecule has 0 saturated carbocycles. The van der Waals surface area contributed by atoms with E-state index in [1.165, 1.54) is 44.2 Å². The molecule has 74 heavy (non-hydrogen) atoms. The van der Waals surface area contributed by atoms with Crippen molar-refractivity contribution in [3.63, 3.8) is 0 Å². The molecule has 0 bridgehead atoms. The van der Waals surface area contributed by atoms with Crippen molar-refractivity contribution in [3.8, 4) is 45.5 Å². The average molecular weight is 976 g/mol. The number of fused-ring (bicyclic) bond motifs is 6. The van der Waals surface area contributed by atoms with Crippen LogP contribution in [-0.2, 0) is 32.5 Å². The first-order chi connectivity index (χ1) is 34.5. The molecule has 0 spiro atoms. The van der Waals surface area contributed by atoms with E-state index in [0.29, 0.717) is 17.5 Å². The van der Waals surface area contributed by atoms with Gasteiger partial charge in [0, 0.05) is 38.4 Å². The Morgan fingerprint density at radius 3 is 1.11 bits per heavy atom. The minimum Gasteiger partial charge on any atom is -0.309 e. The summed E-state index contributed by atoms with van der Waals surface area (Å²) in [5, 5.41) is 4.69. The molecule has 0 saturated heterocycles. The second-order valence-corrected chi connectivity index (χ2v) is 27.2. The third kappa shape index (κ3) is 9.15. The van der Waals surface area contributed by atoms with E-state index >= 15 is 0 Å². The smallest absolute Gasteiger partial charge is 0.166 e. The quantitative estimate of drug-likeness (QED) is 0.173. The highest BCUT2D eigenvalue weighted by Gasteiger charge is 2.30. The van der Waals surface area contributed by atoms with Crippen LogP contribution in [0.5, 0.6) is 0 Å². The van der Waals surface area contributed by atoms with Gasteiger partial charge in [0.1, 0.15) is 0 Å². The van der Waals surface area contributed by atoms with Crippen LogP contribution >= 0.6 is 0 Å². The molecule has 0 aliphatic heterocycles. The topological polar surface area (TPSA) is 48.5 Å². The van der Waals surface area contributed by atoms with E-state index in [2.05, 4.69) is 273 Å². The van der Waals surface area contributed by atoms with E-state index in [-0.39, 0.29) is 32.5 Å². The van der Waals surface area contributed by atoms with Crippen LogP contribution in [-0.4, -0.2) is 24.1 Å². The molecule has 3 aromatic heterocycles. The number of rotatable bonds is 5. The molecule has 5 heteroatoms. The van der Waals surface area contributed by atoms with Gasteiger partial charge in [0.2, 0.25) is 0 Å². The molecule has 3 heterocycles. The van der Waals surface area contributed by atoms with Crippen LogP contribution in [0.25, 0.3) is 89.2 Å². The number of hydrogen-bond acceptors (Lipinski definition) is 3. The molecule has 0 atom stereocenters. The van der Waals surface area contributed by atoms with Crippen molar-refractivity contribution in [2.45, 2.75) is 157 Å². The van der Waals surface area contributed by atoms with Crippen molar-refractivity contribution in [2.75, 3.05) is 0 Å². The predicted octanol–water partition coefficient (Wildman–Crippen LogP) is 18.9. The molecule has 0 aliphatic rings. The van der Waals surface area contributed by atoms with Crippen molar-refractivity contribution in [1.82, 2.24) is 24.1 Å². The minimum atomic E-state index is -0.119. The zero-order valence-electron chi connectivity index (χ0n) is 47.5. The molecular formula is C69H77N5. The van der Waals surface area contributed by atoms with E-state index < -0.39 is 0 Å². The second-order valence-electron chi connectivity index (χ2n) is 27.2. The fourth-order valence-electron chi connectivity index (χ4n) is 10.5. The molecule has 0 unspecified atom stereocenters. The lowest BCUT2D eigenvalue weighted by molar-refractivity contribution is 0.568. The van der Waals surface area contributed by atoms with Gasteiger partial charge in [0.05, 0.1) is 33.3 Å². The predicted molar refractivity (Wildman–Crippen MR) is 317 cm³/mol. The molecule has 5 nitrogen and oxygen atoms in total. The van der Waals surface area contributed by atoms with Gasteiger partial charge in [-0.2, -0.15) is 0 Å². The molecule has 0 aliphatic carbocycles. The summed E-state index contributed by atoms with van der Waals surface area (Å²) in [4.78, 5) is 17.2. The van der Waals surface area contributed by atoms with Crippen molar-refractivity contribution < 1.29 is 0 Å². The highest BCUT2D eigenvalue weighted by atomic mass is 15.1. The molecule has 0 radical (unpaired) electrons. The van der Waals surface area contributed by atoms with Gasteiger partial charge in [-0.1, -0.05) is 185 Å². The molecule has 10 aromatic rings. The van der Waals surface area contributed by atoms with Crippen LogP contribution in [0.4, 0.5) is 0 Å². The number of nitrogens with zero attached hydrogens (tertiary/aromatic N) is 5. The summed E-state index contributed by atoms with van der Waals surface area (Å²) in [5.74, 6) is 1.94. The monoisotopic (exact) mass is 976 g/mol. The molecule has 0 N–H and O–H groups in total. The van der Waals surface area contributed by atoms with E-state index in [4.69, 9.17) is 15.0 Å². The van der Waals surface area contributed by atoms with Gasteiger partial charge in [-0.05, 0) is 145 Å².